The molecule has 3 heteroatoms. The normalized spacial score (nSPS) is 14.7. The monoisotopic (exact) mass is 639 g/mol. The van der Waals surface area contributed by atoms with Crippen LogP contribution in [0.2, 0.25) is 0 Å². The van der Waals surface area contributed by atoms with Crippen molar-refractivity contribution in [1.82, 2.24) is 0 Å². The number of hydrogen-bond donors (Lipinski definition) is 0. The average molecular weight is 642 g/mol. The van der Waals surface area contributed by atoms with Crippen LogP contribution in [0.4, 0.5) is 0 Å². The summed E-state index contributed by atoms with van der Waals surface area (Å²) in [6, 6.07) is 34.4. The first kappa shape index (κ1) is 30.6. The van der Waals surface area contributed by atoms with Crippen LogP contribution >= 0.6 is 0 Å². The van der Waals surface area contributed by atoms with Gasteiger partial charge in [0.05, 0.1) is 0 Å². The van der Waals surface area contributed by atoms with Crippen LogP contribution in [0.1, 0.15) is 88.5 Å². The first-order valence-corrected chi connectivity index (χ1v) is 16.6. The van der Waals surface area contributed by atoms with Crippen molar-refractivity contribution in [3.05, 3.63) is 148 Å². The van der Waals surface area contributed by atoms with Crippen molar-refractivity contribution in [1.29, 1.82) is 0 Å². The molecule has 0 saturated carbocycles. The molecule has 0 aliphatic heterocycles. The van der Waals surface area contributed by atoms with Crippen LogP contribution < -0.4 is 24.8 Å². The van der Waals surface area contributed by atoms with Gasteiger partial charge in [-0.25, -0.2) is 0 Å². The third-order valence-electron chi connectivity index (χ3n) is 8.03. The van der Waals surface area contributed by atoms with Crippen LogP contribution in [0.15, 0.2) is 109 Å². The standard InChI is InChI=1S/C24H25.C13H10.2ClH.Zr/c1-15(2)19-11-7-10-18-14-22-21(24(18)19)13-12-20(16(3)4)23(22)17-8-5-6-9-17;1-3-7-12(8-4-1)11-13-9-5-2-6-10-13;;;/h5-8,10-16H,9H2,1-4H3;1-10H;2*1H;/q;;;;+2/p-2. The van der Waals surface area contributed by atoms with Gasteiger partial charge in [-0.3, -0.25) is 0 Å². The van der Waals surface area contributed by atoms with Gasteiger partial charge in [-0.1, -0.05) is 0 Å². The van der Waals surface area contributed by atoms with Crippen molar-refractivity contribution in [2.45, 2.75) is 49.6 Å². The van der Waals surface area contributed by atoms with E-state index in [1.54, 1.807) is 19.9 Å². The summed E-state index contributed by atoms with van der Waals surface area (Å²) in [5.74, 6) is 0.983. The molecular weight excluding hydrogens is 607 g/mol. The Morgan fingerprint density at radius 2 is 1.27 bits per heavy atom. The zero-order valence-corrected chi connectivity index (χ0v) is 27.6. The Balaban J connectivity index is 0.00000185. The van der Waals surface area contributed by atoms with Crippen molar-refractivity contribution in [3.8, 4) is 11.1 Å². The largest absolute Gasteiger partial charge is 1.00 e. The summed E-state index contributed by atoms with van der Waals surface area (Å²) in [6.07, 6.45) is 7.98. The van der Waals surface area contributed by atoms with Gasteiger partial charge in [0.15, 0.2) is 0 Å². The third kappa shape index (κ3) is 5.59. The van der Waals surface area contributed by atoms with Gasteiger partial charge in [-0.05, 0) is 0 Å². The Hall–Kier alpha value is -2.31. The van der Waals surface area contributed by atoms with E-state index in [0.717, 1.165) is 6.42 Å². The van der Waals surface area contributed by atoms with Crippen LogP contribution in [-0.2, 0) is 22.8 Å². The number of rotatable bonds is 6. The first-order valence-electron chi connectivity index (χ1n) is 13.9. The molecule has 0 aromatic heterocycles. The molecule has 0 nitrogen and oxygen atoms in total. The maximum atomic E-state index is 2.46. The Morgan fingerprint density at radius 1 is 0.675 bits per heavy atom. The smallest absolute Gasteiger partial charge is 1.00 e. The van der Waals surface area contributed by atoms with E-state index in [1.165, 1.54) is 39.0 Å². The molecule has 1 unspecified atom stereocenters. The van der Waals surface area contributed by atoms with Crippen LogP contribution in [0.5, 0.6) is 0 Å². The SMILES string of the molecule is CC(C)c1ccc2c(c1C1=CC=CC1)[CH]([Zr+2]=[C](c1ccccc1)c1ccccc1)c1cccc(C(C)C)c1-2.[Cl-].[Cl-]. The van der Waals surface area contributed by atoms with Gasteiger partial charge in [-0.15, -0.1) is 0 Å². The average Bonchev–Trinajstić information content (AvgIpc) is 3.59. The molecule has 4 aromatic rings. The molecule has 0 heterocycles. The number of halogens is 2. The Morgan fingerprint density at radius 3 is 1.82 bits per heavy atom. The molecule has 0 saturated heterocycles. The molecule has 0 amide bonds. The van der Waals surface area contributed by atoms with Gasteiger partial charge in [0.25, 0.3) is 0 Å². The number of fused-ring (bicyclic) bond motifs is 3. The molecule has 0 radical (unpaired) electrons. The Labute approximate surface area is 263 Å². The maximum Gasteiger partial charge on any atom is -1.00 e. The fraction of sp³-hybridized carbons (Fsp3) is 0.216. The van der Waals surface area contributed by atoms with E-state index in [1.807, 2.05) is 0 Å². The summed E-state index contributed by atoms with van der Waals surface area (Å²) >= 11 is -1.16. The first-order chi connectivity index (χ1) is 18.5. The molecule has 40 heavy (non-hydrogen) atoms. The zero-order chi connectivity index (χ0) is 26.2. The van der Waals surface area contributed by atoms with Crippen LogP contribution in [0.3, 0.4) is 0 Å². The van der Waals surface area contributed by atoms with E-state index >= 15 is 0 Å². The molecule has 0 fully saturated rings. The van der Waals surface area contributed by atoms with Gasteiger partial charge in [0.2, 0.25) is 0 Å². The third-order valence-corrected chi connectivity index (χ3v) is 12.3. The van der Waals surface area contributed by atoms with E-state index in [-0.39, 0.29) is 24.8 Å². The minimum Gasteiger partial charge on any atom is -1.00 e. The fourth-order valence-electron chi connectivity index (χ4n) is 6.24. The summed E-state index contributed by atoms with van der Waals surface area (Å²) in [4.78, 5) is 0. The molecule has 0 N–H and O–H groups in total. The summed E-state index contributed by atoms with van der Waals surface area (Å²) < 4.78 is 2.07. The van der Waals surface area contributed by atoms with E-state index in [0.29, 0.717) is 15.5 Å². The second-order valence-electron chi connectivity index (χ2n) is 11.1. The predicted molar refractivity (Wildman–Crippen MR) is 160 cm³/mol. The van der Waals surface area contributed by atoms with Crippen molar-refractivity contribution >= 4 is 8.78 Å². The van der Waals surface area contributed by atoms with Gasteiger partial charge in [-0.2, -0.15) is 0 Å². The van der Waals surface area contributed by atoms with E-state index < -0.39 is 22.8 Å². The molecule has 0 bridgehead atoms. The molecule has 2 aliphatic carbocycles. The van der Waals surface area contributed by atoms with Crippen molar-refractivity contribution in [2.75, 3.05) is 0 Å². The Kier molecular flexibility index (Phi) is 10.1. The second-order valence-corrected chi connectivity index (χ2v) is 14.5. The van der Waals surface area contributed by atoms with Gasteiger partial charge in [0, 0.05) is 0 Å². The van der Waals surface area contributed by atoms with Crippen LogP contribution in [0, 0.1) is 0 Å². The zero-order valence-electron chi connectivity index (χ0n) is 23.6. The molecular formula is C37H35Cl2Zr. The fourth-order valence-corrected chi connectivity index (χ4v) is 10.7. The van der Waals surface area contributed by atoms with Crippen molar-refractivity contribution < 1.29 is 47.6 Å². The molecule has 2 aliphatic rings. The predicted octanol–water partition coefficient (Wildman–Crippen LogP) is 3.71. The minimum absolute atomic E-state index is 0. The summed E-state index contributed by atoms with van der Waals surface area (Å²) in [7, 11) is 0. The molecule has 1 atom stereocenters. The van der Waals surface area contributed by atoms with Crippen molar-refractivity contribution in [3.63, 3.8) is 0 Å². The summed E-state index contributed by atoms with van der Waals surface area (Å²) in [6.45, 7) is 9.41. The van der Waals surface area contributed by atoms with E-state index in [4.69, 9.17) is 0 Å². The molecule has 6 rings (SSSR count). The molecule has 201 valence electrons. The van der Waals surface area contributed by atoms with Gasteiger partial charge >= 0.3 is 240 Å². The number of hydrogen-bond acceptors (Lipinski definition) is 0. The topological polar surface area (TPSA) is 0 Å². The quantitative estimate of drug-likeness (QED) is 0.302. The second kappa shape index (κ2) is 13.1. The molecule has 4 aromatic carbocycles. The van der Waals surface area contributed by atoms with Crippen LogP contribution in [-0.4, -0.2) is 3.21 Å². The van der Waals surface area contributed by atoms with Crippen LogP contribution in [0.25, 0.3) is 16.7 Å². The van der Waals surface area contributed by atoms with E-state index in [9.17, 15) is 0 Å². The maximum absolute atomic E-state index is 2.46. The summed E-state index contributed by atoms with van der Waals surface area (Å²) in [5.41, 5.74) is 15.0. The summed E-state index contributed by atoms with van der Waals surface area (Å²) in [5, 5.41) is 0. The van der Waals surface area contributed by atoms with E-state index in [2.05, 4.69) is 137 Å². The Bertz CT molecular complexity index is 1540. The van der Waals surface area contributed by atoms with Gasteiger partial charge in [0.1, 0.15) is 0 Å². The number of benzene rings is 4. The molecule has 0 spiro atoms. The number of allylic oxidation sites excluding steroid dienone is 4. The van der Waals surface area contributed by atoms with Gasteiger partial charge < -0.3 is 24.8 Å². The van der Waals surface area contributed by atoms with Crippen molar-refractivity contribution in [2.24, 2.45) is 0 Å². The minimum atomic E-state index is -1.16.